The molecule has 0 spiro atoms. The van der Waals surface area contributed by atoms with Crippen LogP contribution in [-0.4, -0.2) is 44.9 Å². The molecule has 0 aliphatic carbocycles. The first-order valence-corrected chi connectivity index (χ1v) is 36.6. The summed E-state index contributed by atoms with van der Waals surface area (Å²) in [7, 11) is 0. The fourth-order valence-corrected chi connectivity index (χ4v) is 16.0. The summed E-state index contributed by atoms with van der Waals surface area (Å²) in [5, 5.41) is 36.9. The number of nitrogens with zero attached hydrogens (tertiary/aromatic N) is 9. The van der Waals surface area contributed by atoms with Crippen molar-refractivity contribution in [3.05, 3.63) is 383 Å². The lowest BCUT2D eigenvalue weighted by Gasteiger charge is -2.10. The Balaban J connectivity index is -0.0000000312. The zero-order valence-electron chi connectivity index (χ0n) is 215. The SMILES string of the molecule is CCc1ccc2c3ccccc3c3ccccc3c2n1.[2H][2H].[2H][2H].[2H][2H].[2H][2H].[2H][2H].[2H][2H].[2H][2H].[2H][2H].[2H][2H].[2H][2H].[2H][2H].[2H][2H].[2H][2H].[2H][2H].[2H][2H].[2H][2H].[2H][2H].[2H][2H].[2H][2H].[2H][2H].[2H][2H].[2H][2H].[2H][2H].[2H][2H].[2H][2H].[2H][2H].[2H][2H].[2H][2H].[2H][2H].[2H][2H].[2H][2H].[2H][2H].[2H][2H].[2H][2H].[2H][2H].[2H][2H].[2H][2H].[2H][2H].[2H][2H].[2H][2H].[2H][2H].[2H][2H].[2H][2H].[2H][2H].[2H][2H].[2H][2H].[2H][2H].[2H][2H].[2H][2H].[2H][2H].[2H][2H].[2H][2H].[2H][2H].[2H][2H].[2H][2H].[2H][2H].[2H][2H].[2H][2H].[2H][2H].[2H][2H].[2H][2H].[2H][2H].[2H][2H].[2H][2H].[2H][2H].[2H][2H].[2H][2H].[2H][2H].[2H][2H].[2H][2H].[2H][2H].[2H][2H].[2H][2H].[2H][2H].[2H][2H].[2H]c1ccc2c(c1)c1cccnc1c1cnccc21.[2H]c1ccc2c(c1)c1cnccc1c1ncccc21.[2H]c1ccc2c3ccccc3c3ccncc3c2c1.[2H]c1ccc2c3ccccc3c3ncccc3c2c1.[2H]c1ccc2c3ccncc3c3cnccc3c2c1. The molecule has 0 saturated carbocycles. The molecule has 110 heavy (non-hydrogen) atoms. The fourth-order valence-electron chi connectivity index (χ4n) is 16.0. The number of rotatable bonds is 1. The van der Waals surface area contributed by atoms with Crippen molar-refractivity contribution in [1.82, 2.24) is 44.9 Å². The maximum absolute atomic E-state index is 7.84. The van der Waals surface area contributed by atoms with Crippen molar-refractivity contribution >= 4 is 194 Å². The molecule has 9 heterocycles. The average Bonchev–Trinajstić information content (AvgIpc) is 0.770. The Morgan fingerprint density at radius 3 is 0.764 bits per heavy atom. The van der Waals surface area contributed by atoms with Crippen molar-refractivity contribution in [2.24, 2.45) is 0 Å². The molecular formula is C101H217N9. The van der Waals surface area contributed by atoms with Crippen LogP contribution in [0, 0.1) is 0 Å². The van der Waals surface area contributed by atoms with Gasteiger partial charge in [-0.1, -0.05) is 249 Å². The molecule has 9 heteroatoms. The highest BCUT2D eigenvalue weighted by Gasteiger charge is 2.15. The summed E-state index contributed by atoms with van der Waals surface area (Å²) in [6, 6.07) is 91.8. The lowest BCUT2D eigenvalue weighted by atomic mass is 9.96. The third kappa shape index (κ3) is 11.8. The van der Waals surface area contributed by atoms with E-state index in [1.54, 1.807) is 31.0 Å². The first-order chi connectivity index (χ1) is 132. The number of pyridine rings is 9. The molecule has 0 fully saturated rings. The van der Waals surface area contributed by atoms with Crippen LogP contribution < -0.4 is 0 Å². The molecular weight excluding hydrogens is 1340 g/mol. The van der Waals surface area contributed by atoms with Crippen LogP contribution in [0.15, 0.2) is 378 Å². The largest absolute Gasteiger partial charge is 0.264 e. The molecule has 24 aromatic rings. The maximum atomic E-state index is 7.84. The summed E-state index contributed by atoms with van der Waals surface area (Å²) in [5.41, 5.74) is 5.22. The van der Waals surface area contributed by atoms with Crippen molar-refractivity contribution in [3.8, 4) is 0 Å². The second-order valence-electron chi connectivity index (χ2n) is 26.9. The van der Waals surface area contributed by atoms with Crippen molar-refractivity contribution < 1.29 is 230 Å². The molecule has 0 atom stereocenters. The van der Waals surface area contributed by atoms with Crippen LogP contribution in [0.5, 0.6) is 0 Å². The zero-order chi connectivity index (χ0) is 228. The van der Waals surface area contributed by atoms with Gasteiger partial charge in [0, 0.05) is 374 Å². The van der Waals surface area contributed by atoms with Gasteiger partial charge in [0.25, 0.3) is 0 Å². The smallest absolute Gasteiger partial charge is 0.0802 e. The van der Waals surface area contributed by atoms with E-state index >= 15 is 0 Å². The number of aryl methyl sites for hydroxylation is 1. The highest BCUT2D eigenvalue weighted by Crippen LogP contribution is 2.40. The summed E-state index contributed by atoms with van der Waals surface area (Å²) >= 11 is 0. The van der Waals surface area contributed by atoms with Gasteiger partial charge in [-0.3, -0.25) is 44.9 Å². The standard InChI is InChI=1S/C19H15N.2C17H11N.3C16H10N2.75H2/c1-2-13-11-12-18-16-9-4-3-7-14(16)15-8-5-6-10-17(15)19(18)20-13;1-2-7-14-12(6-1)13-8-3-4-9-15(13)17-16(14)10-5-11-18-17;1-2-7-14-12(5-1)13-6-3-4-8-15(13)17-11-18-10-9-16(14)17;1-2-5-12-11(4-1)13-7-9-17-10-15(13)16-14(12)6-3-8-18-16;1-2-5-12-11(4-1)13-6-3-8-18-16(13)14-7-9-17-10-15(12)14;1-2-4-12-11(3-1)13-5-7-17-9-15(13)16-10-18-8-6-14(12)16;;;;;;;;;;;;;;;;;;;;;;;;;;;;;;;;;;;;;;;;;;;;;;;;;;;;;;;;;;;;;;;;;;;;;;;;;;;/h3-12H,2H2,1H3;2*1-11H;3*1-10H;75*1H/i;2D;4D;2*2D;1D;75*1+1D. The molecule has 15 aromatic carbocycles. The van der Waals surface area contributed by atoms with E-state index in [0.717, 1.165) is 142 Å². The minimum Gasteiger partial charge on any atom is -0.264 e. The number of aromatic nitrogens is 9. The topological polar surface area (TPSA) is 116 Å². The predicted octanol–water partition coefficient (Wildman–Crippen LogP) is 44.4. The third-order valence-electron chi connectivity index (χ3n) is 21.0. The van der Waals surface area contributed by atoms with E-state index < -0.39 is 0 Å². The maximum Gasteiger partial charge on any atom is 0.0802 e. The van der Waals surface area contributed by atoms with Gasteiger partial charge in [0.1, 0.15) is 0 Å². The first kappa shape index (κ1) is 22.7. The average molecular weight is 1710 g/mol. The van der Waals surface area contributed by atoms with E-state index in [0.29, 0.717) is 30.2 Å². The van der Waals surface area contributed by atoms with E-state index in [4.69, 9.17) is 235 Å². The summed E-state index contributed by atoms with van der Waals surface area (Å²) < 4.78 is 789. The van der Waals surface area contributed by atoms with Crippen LogP contribution in [0.25, 0.3) is 194 Å². The molecule has 0 aliphatic heterocycles. The fraction of sp³-hybridized carbons (Fsp3) is 0.0198. The Morgan fingerprint density at radius 1 is 0.200 bits per heavy atom. The quantitative estimate of drug-likeness (QED) is 0.148. The number of hydrogen-bond acceptors (Lipinski definition) is 9. The van der Waals surface area contributed by atoms with Crippen molar-refractivity contribution in [2.75, 3.05) is 0 Å². The van der Waals surface area contributed by atoms with E-state index in [9.17, 15) is 0 Å². The lowest BCUT2D eigenvalue weighted by molar-refractivity contribution is 1.06. The summed E-state index contributed by atoms with van der Waals surface area (Å²) in [5.74, 6) is 0. The third-order valence-corrected chi connectivity index (χ3v) is 21.0. The Hall–Kier alpha value is -14.7. The Labute approximate surface area is 870 Å². The van der Waals surface area contributed by atoms with Crippen LogP contribution >= 0.6 is 0 Å². The molecule has 9 nitrogen and oxygen atoms in total. The van der Waals surface area contributed by atoms with Gasteiger partial charge in [0.05, 0.1) is 28.9 Å². The lowest BCUT2D eigenvalue weighted by Crippen LogP contribution is -1.90. The van der Waals surface area contributed by atoms with Gasteiger partial charge in [-0.25, -0.2) is 0 Å². The van der Waals surface area contributed by atoms with E-state index in [-0.39, 0.29) is 0 Å². The normalized spacial score (nSPS) is 17.4. The van der Waals surface area contributed by atoms with Crippen LogP contribution in [-0.2, 0) is 6.42 Å². The predicted molar refractivity (Wildman–Crippen MR) is 622 cm³/mol. The number of benzene rings is 15. The van der Waals surface area contributed by atoms with Gasteiger partial charge in [-0.2, -0.15) is 0 Å². The summed E-state index contributed by atoms with van der Waals surface area (Å²) in [4.78, 5) is 39.5. The van der Waals surface area contributed by atoms with E-state index in [2.05, 4.69) is 162 Å². The second kappa shape index (κ2) is 29.0. The second-order valence-corrected chi connectivity index (χ2v) is 26.9. The van der Waals surface area contributed by atoms with Crippen LogP contribution in [0.2, 0.25) is 0 Å². The highest BCUT2D eigenvalue weighted by atomic mass is 14.7. The van der Waals surface area contributed by atoms with Gasteiger partial charge < -0.3 is 0 Å². The Kier molecular flexibility index (Phi) is 5.98. The monoisotopic (exact) mass is 1710 g/mol. The molecule has 0 saturated heterocycles. The van der Waals surface area contributed by atoms with Crippen molar-refractivity contribution in [1.29, 1.82) is 0 Å². The molecule has 0 unspecified atom stereocenters. The van der Waals surface area contributed by atoms with Crippen LogP contribution in [0.1, 0.15) is 242 Å². The molecule has 9 aromatic heterocycles. The Morgan fingerprint density at radius 2 is 0.409 bits per heavy atom. The highest BCUT2D eigenvalue weighted by molar-refractivity contribution is 6.29. The number of hydrogen-bond donors (Lipinski definition) is 0. The van der Waals surface area contributed by atoms with Crippen molar-refractivity contribution in [3.63, 3.8) is 0 Å². The van der Waals surface area contributed by atoms with Crippen LogP contribution in [0.3, 0.4) is 0 Å². The molecule has 0 bridgehead atoms. The molecule has 0 N–H and O–H groups in total. The zero-order valence-corrected chi connectivity index (χ0v) is 59.6. The Bertz CT molecular complexity index is 7140. The van der Waals surface area contributed by atoms with E-state index in [1.165, 1.54) is 64.6 Å². The molecule has 0 radical (unpaired) electrons. The molecule has 0 amide bonds. The van der Waals surface area contributed by atoms with Gasteiger partial charge in [0.2, 0.25) is 0 Å². The van der Waals surface area contributed by atoms with Gasteiger partial charge in [0.15, 0.2) is 0 Å². The van der Waals surface area contributed by atoms with Crippen LogP contribution in [0.4, 0.5) is 0 Å². The minimum absolute atomic E-state index is 0.515. The summed E-state index contributed by atoms with van der Waals surface area (Å²) in [6.07, 6.45) is 24.8. The summed E-state index contributed by atoms with van der Waals surface area (Å²) in [6.45, 7) is 2.15. The number of fused-ring (bicyclic) bond motifs is 36. The molecule has 0 aliphatic rings. The van der Waals surface area contributed by atoms with Gasteiger partial charge >= 0.3 is 0 Å². The van der Waals surface area contributed by atoms with E-state index in [1.807, 2.05) is 201 Å². The minimum atomic E-state index is 0.515. The van der Waals surface area contributed by atoms with Gasteiger partial charge in [-0.05, 0) is 169 Å². The molecule has 24 rings (SSSR count). The van der Waals surface area contributed by atoms with Gasteiger partial charge in [-0.15, -0.1) is 0 Å². The molecule has 666 valence electrons. The van der Waals surface area contributed by atoms with Crippen molar-refractivity contribution in [2.45, 2.75) is 13.3 Å². The first-order valence-electron chi connectivity index (χ1n) is 114.